The number of aliphatic hydroxyl groups is 2. The van der Waals surface area contributed by atoms with Gasteiger partial charge in [-0.15, -0.1) is 0 Å². The molecule has 5 heteroatoms. The highest BCUT2D eigenvalue weighted by Crippen LogP contribution is 2.36. The summed E-state index contributed by atoms with van der Waals surface area (Å²) in [6.45, 7) is 1.04. The lowest BCUT2D eigenvalue weighted by molar-refractivity contribution is 0.0716. The number of nitrogens with one attached hydrogen (secondary N) is 1. The van der Waals surface area contributed by atoms with Crippen LogP contribution in [-0.2, 0) is 6.42 Å². The molecular weight excluding hydrogens is 326 g/mol. The van der Waals surface area contributed by atoms with Crippen molar-refractivity contribution in [1.29, 1.82) is 0 Å². The van der Waals surface area contributed by atoms with E-state index in [1.165, 1.54) is 12.8 Å². The third-order valence-electron chi connectivity index (χ3n) is 5.82. The van der Waals surface area contributed by atoms with Crippen LogP contribution in [0.15, 0.2) is 42.6 Å². The van der Waals surface area contributed by atoms with Crippen LogP contribution in [-0.4, -0.2) is 45.5 Å². The summed E-state index contributed by atoms with van der Waals surface area (Å²) >= 11 is 0. The molecule has 0 bridgehead atoms. The second-order valence-electron chi connectivity index (χ2n) is 7.71. The molecule has 2 aliphatic carbocycles. The second-order valence-corrected chi connectivity index (χ2v) is 7.71. The van der Waals surface area contributed by atoms with E-state index in [-0.39, 0.29) is 24.5 Å². The normalized spacial score (nSPS) is 28.4. The molecule has 138 valence electrons. The van der Waals surface area contributed by atoms with Crippen LogP contribution in [0, 0.1) is 17.8 Å². The molecule has 5 nitrogen and oxygen atoms in total. The van der Waals surface area contributed by atoms with E-state index in [2.05, 4.69) is 10.3 Å². The first-order valence-corrected chi connectivity index (χ1v) is 9.64. The van der Waals surface area contributed by atoms with Crippen molar-refractivity contribution in [3.8, 4) is 11.4 Å². The molecule has 0 amide bonds. The summed E-state index contributed by atoms with van der Waals surface area (Å²) in [6, 6.07) is 12.2. The van der Waals surface area contributed by atoms with Gasteiger partial charge in [-0.3, -0.25) is 0 Å². The van der Waals surface area contributed by atoms with Gasteiger partial charge in [0.05, 0.1) is 6.10 Å². The highest BCUT2D eigenvalue weighted by atomic mass is 16.3. The van der Waals surface area contributed by atoms with Crippen molar-refractivity contribution in [2.24, 2.45) is 17.8 Å². The largest absolute Gasteiger partial charge is 0.396 e. The number of nitrogens with zero attached hydrogens (tertiary/aromatic N) is 2. The smallest absolute Gasteiger partial charge is 0.159 e. The van der Waals surface area contributed by atoms with Gasteiger partial charge in [-0.2, -0.15) is 0 Å². The molecule has 0 spiro atoms. The average molecular weight is 353 g/mol. The number of rotatable bonds is 7. The molecule has 26 heavy (non-hydrogen) atoms. The Hall–Kier alpha value is -1.82. The van der Waals surface area contributed by atoms with Gasteiger partial charge in [-0.05, 0) is 50.1 Å². The Morgan fingerprint density at radius 2 is 1.88 bits per heavy atom. The summed E-state index contributed by atoms with van der Waals surface area (Å²) < 4.78 is 0. The van der Waals surface area contributed by atoms with Gasteiger partial charge in [0.25, 0.3) is 0 Å². The molecule has 4 atom stereocenters. The van der Waals surface area contributed by atoms with Crippen LogP contribution in [0.4, 0.5) is 0 Å². The molecule has 1 aromatic heterocycles. The summed E-state index contributed by atoms with van der Waals surface area (Å²) in [4.78, 5) is 9.14. The molecule has 0 saturated heterocycles. The van der Waals surface area contributed by atoms with E-state index in [1.54, 1.807) is 6.20 Å². The van der Waals surface area contributed by atoms with Gasteiger partial charge in [0.2, 0.25) is 0 Å². The molecule has 1 aromatic carbocycles. The molecule has 2 saturated carbocycles. The molecule has 3 N–H and O–H groups in total. The molecule has 0 unspecified atom stereocenters. The zero-order chi connectivity index (χ0) is 17.9. The van der Waals surface area contributed by atoms with Crippen LogP contribution in [0.3, 0.4) is 0 Å². The molecule has 0 radical (unpaired) electrons. The fourth-order valence-electron chi connectivity index (χ4n) is 4.10. The third kappa shape index (κ3) is 3.95. The monoisotopic (exact) mass is 353 g/mol. The van der Waals surface area contributed by atoms with Crippen LogP contribution < -0.4 is 5.32 Å². The van der Waals surface area contributed by atoms with Crippen molar-refractivity contribution in [2.75, 3.05) is 13.2 Å². The molecule has 0 aliphatic heterocycles. The average Bonchev–Trinajstić information content (AvgIpc) is 3.45. The number of aliphatic hydroxyl groups excluding tert-OH is 2. The van der Waals surface area contributed by atoms with Crippen LogP contribution >= 0.6 is 0 Å². The van der Waals surface area contributed by atoms with Crippen LogP contribution in [0.2, 0.25) is 0 Å². The first-order valence-electron chi connectivity index (χ1n) is 9.64. The third-order valence-corrected chi connectivity index (χ3v) is 5.82. The van der Waals surface area contributed by atoms with Crippen molar-refractivity contribution in [3.63, 3.8) is 0 Å². The number of hydrogen-bond donors (Lipinski definition) is 3. The lowest BCUT2D eigenvalue weighted by atomic mass is 9.88. The maximum atomic E-state index is 10.4. The van der Waals surface area contributed by atoms with Crippen molar-refractivity contribution in [2.45, 2.75) is 37.8 Å². The molecule has 2 aromatic rings. The Morgan fingerprint density at radius 1 is 1.08 bits per heavy atom. The Labute approximate surface area is 154 Å². The maximum absolute atomic E-state index is 10.4. The Kier molecular flexibility index (Phi) is 5.29. The quantitative estimate of drug-likeness (QED) is 0.710. The highest BCUT2D eigenvalue weighted by Gasteiger charge is 2.42. The Bertz CT molecular complexity index is 720. The number of benzene rings is 1. The van der Waals surface area contributed by atoms with Gasteiger partial charge in [-0.1, -0.05) is 30.3 Å². The van der Waals surface area contributed by atoms with E-state index in [0.717, 1.165) is 36.0 Å². The minimum absolute atomic E-state index is 0.0179. The molecular formula is C21H27N3O2. The van der Waals surface area contributed by atoms with Gasteiger partial charge in [0, 0.05) is 36.0 Å². The van der Waals surface area contributed by atoms with E-state index in [4.69, 9.17) is 4.98 Å². The molecule has 4 rings (SSSR count). The molecule has 2 fully saturated rings. The molecule has 1 heterocycles. The van der Waals surface area contributed by atoms with Crippen LogP contribution in [0.5, 0.6) is 0 Å². The summed E-state index contributed by atoms with van der Waals surface area (Å²) in [6.07, 6.45) is 5.42. The topological polar surface area (TPSA) is 78.3 Å². The fraction of sp³-hybridized carbons (Fsp3) is 0.524. The Balaban J connectivity index is 1.51. The van der Waals surface area contributed by atoms with Crippen LogP contribution in [0.1, 0.15) is 25.0 Å². The summed E-state index contributed by atoms with van der Waals surface area (Å²) in [5.74, 6) is 1.61. The maximum Gasteiger partial charge on any atom is 0.159 e. The predicted molar refractivity (Wildman–Crippen MR) is 100 cm³/mol. The van der Waals surface area contributed by atoms with E-state index in [1.807, 2.05) is 36.4 Å². The van der Waals surface area contributed by atoms with Gasteiger partial charge in [0.1, 0.15) is 0 Å². The summed E-state index contributed by atoms with van der Waals surface area (Å²) in [5, 5.41) is 23.8. The standard InChI is InChI=1S/C21H27N3O2/c25-13-18-17(19(11-20(18)26)23-12-14-6-7-14)10-16-8-9-22-21(24-16)15-4-2-1-3-5-15/h1-5,8-9,14,17-20,23,25-26H,6-7,10-13H2/t17-,18-,19-,20-/m1/s1. The first-order chi connectivity index (χ1) is 12.7. The lowest BCUT2D eigenvalue weighted by Gasteiger charge is -2.25. The van der Waals surface area contributed by atoms with Gasteiger partial charge in [0.15, 0.2) is 5.82 Å². The highest BCUT2D eigenvalue weighted by molar-refractivity contribution is 5.54. The zero-order valence-electron chi connectivity index (χ0n) is 15.0. The van der Waals surface area contributed by atoms with Crippen LogP contribution in [0.25, 0.3) is 11.4 Å². The van der Waals surface area contributed by atoms with Crippen molar-refractivity contribution in [3.05, 3.63) is 48.3 Å². The minimum atomic E-state index is -0.447. The van der Waals surface area contributed by atoms with Gasteiger partial charge >= 0.3 is 0 Å². The fourth-order valence-corrected chi connectivity index (χ4v) is 4.10. The summed E-state index contributed by atoms with van der Waals surface area (Å²) in [5.41, 5.74) is 1.97. The van der Waals surface area contributed by atoms with Gasteiger partial charge < -0.3 is 15.5 Å². The van der Waals surface area contributed by atoms with Crippen molar-refractivity contribution >= 4 is 0 Å². The first kappa shape index (κ1) is 17.6. The predicted octanol–water partition coefficient (Wildman–Crippen LogP) is 2.04. The molecule has 2 aliphatic rings. The number of hydrogen-bond acceptors (Lipinski definition) is 5. The van der Waals surface area contributed by atoms with Gasteiger partial charge in [-0.25, -0.2) is 9.97 Å². The van der Waals surface area contributed by atoms with E-state index < -0.39 is 6.10 Å². The van der Waals surface area contributed by atoms with E-state index >= 15 is 0 Å². The zero-order valence-corrected chi connectivity index (χ0v) is 15.0. The lowest BCUT2D eigenvalue weighted by Crippen LogP contribution is -2.37. The van der Waals surface area contributed by atoms with E-state index in [0.29, 0.717) is 6.42 Å². The van der Waals surface area contributed by atoms with E-state index in [9.17, 15) is 10.2 Å². The number of aromatic nitrogens is 2. The second kappa shape index (κ2) is 7.82. The SMILES string of the molecule is OC[C@@H]1[C@@H](Cc2ccnc(-c3ccccc3)n2)[C@H](NCC2CC2)C[C@H]1O. The van der Waals surface area contributed by atoms with Crippen molar-refractivity contribution < 1.29 is 10.2 Å². The minimum Gasteiger partial charge on any atom is -0.396 e. The van der Waals surface area contributed by atoms with Crippen molar-refractivity contribution in [1.82, 2.24) is 15.3 Å². The Morgan fingerprint density at radius 3 is 2.62 bits per heavy atom. The summed E-state index contributed by atoms with van der Waals surface area (Å²) in [7, 11) is 0.